The first kappa shape index (κ1) is 14.0. The van der Waals surface area contributed by atoms with E-state index in [1.807, 2.05) is 18.2 Å². The summed E-state index contributed by atoms with van der Waals surface area (Å²) in [6.45, 7) is 0. The first-order valence-corrected chi connectivity index (χ1v) is 7.41. The van der Waals surface area contributed by atoms with Gasteiger partial charge in [0.2, 0.25) is 0 Å². The van der Waals surface area contributed by atoms with E-state index < -0.39 is 6.09 Å². The Bertz CT molecular complexity index is 639. The average Bonchev–Trinajstić information content (AvgIpc) is 2.50. The fourth-order valence-electron chi connectivity index (χ4n) is 2.64. The standard InChI is InChI=1S/C17H16ClNO2/c18-13-8-10-14(11-9-13)19-17(20)21-16-7-3-5-12-4-1-2-6-15(12)16/h1-2,4,6,8-11,16H,3,5,7H2,(H,19,20)/t16-/m0/s1. The molecule has 3 nitrogen and oxygen atoms in total. The molecule has 0 spiro atoms. The second-order valence-corrected chi connectivity index (χ2v) is 5.55. The van der Waals surface area contributed by atoms with Crippen molar-refractivity contribution in [3.8, 4) is 0 Å². The number of ether oxygens (including phenoxy) is 1. The lowest BCUT2D eigenvalue weighted by atomic mass is 9.89. The molecule has 2 aromatic carbocycles. The molecule has 2 aromatic rings. The molecule has 1 amide bonds. The molecule has 0 heterocycles. The minimum atomic E-state index is -0.431. The lowest BCUT2D eigenvalue weighted by Gasteiger charge is -2.25. The van der Waals surface area contributed by atoms with Gasteiger partial charge in [0.1, 0.15) is 6.10 Å². The van der Waals surface area contributed by atoms with E-state index in [4.69, 9.17) is 16.3 Å². The maximum Gasteiger partial charge on any atom is 0.412 e. The number of carbonyl (C=O) groups is 1. The second-order valence-electron chi connectivity index (χ2n) is 5.12. The minimum Gasteiger partial charge on any atom is -0.441 e. The zero-order valence-electron chi connectivity index (χ0n) is 11.5. The van der Waals surface area contributed by atoms with Crippen LogP contribution in [0.4, 0.5) is 10.5 Å². The van der Waals surface area contributed by atoms with Crippen molar-refractivity contribution < 1.29 is 9.53 Å². The average molecular weight is 302 g/mol. The fourth-order valence-corrected chi connectivity index (χ4v) is 2.77. The van der Waals surface area contributed by atoms with E-state index in [2.05, 4.69) is 11.4 Å². The molecule has 1 aliphatic carbocycles. The van der Waals surface area contributed by atoms with Crippen LogP contribution in [0.25, 0.3) is 0 Å². The number of fused-ring (bicyclic) bond motifs is 1. The number of hydrogen-bond donors (Lipinski definition) is 1. The number of anilines is 1. The predicted molar refractivity (Wildman–Crippen MR) is 83.7 cm³/mol. The molecule has 0 saturated carbocycles. The van der Waals surface area contributed by atoms with Crippen LogP contribution in [0.1, 0.15) is 30.1 Å². The van der Waals surface area contributed by atoms with Gasteiger partial charge < -0.3 is 4.74 Å². The number of aryl methyl sites for hydroxylation is 1. The molecular formula is C17H16ClNO2. The van der Waals surface area contributed by atoms with E-state index in [-0.39, 0.29) is 6.10 Å². The number of amides is 1. The minimum absolute atomic E-state index is 0.165. The summed E-state index contributed by atoms with van der Waals surface area (Å²) >= 11 is 5.82. The molecule has 0 unspecified atom stereocenters. The van der Waals surface area contributed by atoms with Crippen molar-refractivity contribution in [2.24, 2.45) is 0 Å². The maximum atomic E-state index is 12.0. The van der Waals surface area contributed by atoms with E-state index in [0.717, 1.165) is 24.8 Å². The molecule has 0 saturated heterocycles. The van der Waals surface area contributed by atoms with Crippen molar-refractivity contribution in [1.82, 2.24) is 0 Å². The van der Waals surface area contributed by atoms with Crippen molar-refractivity contribution in [1.29, 1.82) is 0 Å². The summed E-state index contributed by atoms with van der Waals surface area (Å²) < 4.78 is 5.57. The molecule has 0 fully saturated rings. The third kappa shape index (κ3) is 3.37. The number of benzene rings is 2. The van der Waals surface area contributed by atoms with E-state index in [1.54, 1.807) is 24.3 Å². The first-order chi connectivity index (χ1) is 10.2. The summed E-state index contributed by atoms with van der Waals surface area (Å²) in [5, 5.41) is 3.36. The molecule has 3 rings (SSSR count). The van der Waals surface area contributed by atoms with Gasteiger partial charge in [0.15, 0.2) is 0 Å². The largest absolute Gasteiger partial charge is 0.441 e. The quantitative estimate of drug-likeness (QED) is 0.851. The summed E-state index contributed by atoms with van der Waals surface area (Å²) in [5.74, 6) is 0. The summed E-state index contributed by atoms with van der Waals surface area (Å²) in [7, 11) is 0. The summed E-state index contributed by atoms with van der Waals surface area (Å²) in [4.78, 5) is 12.0. The Morgan fingerprint density at radius 1 is 1.14 bits per heavy atom. The Hall–Kier alpha value is -2.00. The van der Waals surface area contributed by atoms with Crippen molar-refractivity contribution >= 4 is 23.4 Å². The lowest BCUT2D eigenvalue weighted by molar-refractivity contribution is 0.0999. The van der Waals surface area contributed by atoms with Crippen LogP contribution >= 0.6 is 11.6 Å². The van der Waals surface area contributed by atoms with Gasteiger partial charge in [-0.25, -0.2) is 4.79 Å². The van der Waals surface area contributed by atoms with Gasteiger partial charge in [-0.05, 0) is 54.7 Å². The number of halogens is 1. The van der Waals surface area contributed by atoms with Crippen LogP contribution in [0.5, 0.6) is 0 Å². The van der Waals surface area contributed by atoms with Gasteiger partial charge in [0.05, 0.1) is 0 Å². The molecule has 0 aromatic heterocycles. The molecule has 108 valence electrons. The Labute approximate surface area is 128 Å². The topological polar surface area (TPSA) is 38.3 Å². The third-order valence-corrected chi connectivity index (χ3v) is 3.91. The predicted octanol–water partition coefficient (Wildman–Crippen LogP) is 4.97. The van der Waals surface area contributed by atoms with Gasteiger partial charge in [-0.2, -0.15) is 0 Å². The Balaban J connectivity index is 1.67. The van der Waals surface area contributed by atoms with Crippen LogP contribution in [0, 0.1) is 0 Å². The zero-order valence-corrected chi connectivity index (χ0v) is 12.3. The fraction of sp³-hybridized carbons (Fsp3) is 0.235. The summed E-state index contributed by atoms with van der Waals surface area (Å²) in [6.07, 6.45) is 2.36. The molecule has 1 atom stereocenters. The van der Waals surface area contributed by atoms with Crippen molar-refractivity contribution in [3.63, 3.8) is 0 Å². The highest BCUT2D eigenvalue weighted by Crippen LogP contribution is 2.32. The van der Waals surface area contributed by atoms with Gasteiger partial charge in [0.25, 0.3) is 0 Å². The van der Waals surface area contributed by atoms with Gasteiger partial charge in [-0.15, -0.1) is 0 Å². The van der Waals surface area contributed by atoms with E-state index in [1.165, 1.54) is 5.56 Å². The second kappa shape index (κ2) is 6.19. The number of rotatable bonds is 2. The third-order valence-electron chi connectivity index (χ3n) is 3.65. The number of nitrogens with one attached hydrogen (secondary N) is 1. The van der Waals surface area contributed by atoms with Crippen LogP contribution in [-0.4, -0.2) is 6.09 Å². The van der Waals surface area contributed by atoms with Crippen molar-refractivity contribution in [3.05, 3.63) is 64.7 Å². The molecule has 1 N–H and O–H groups in total. The maximum absolute atomic E-state index is 12.0. The van der Waals surface area contributed by atoms with Crippen LogP contribution in [0.2, 0.25) is 5.02 Å². The molecule has 4 heteroatoms. The van der Waals surface area contributed by atoms with Gasteiger partial charge in [0, 0.05) is 10.7 Å². The monoisotopic (exact) mass is 301 g/mol. The molecule has 1 aliphatic rings. The highest BCUT2D eigenvalue weighted by molar-refractivity contribution is 6.30. The lowest BCUT2D eigenvalue weighted by Crippen LogP contribution is -2.20. The summed E-state index contributed by atoms with van der Waals surface area (Å²) in [6, 6.07) is 15.1. The Morgan fingerprint density at radius 2 is 1.90 bits per heavy atom. The summed E-state index contributed by atoms with van der Waals surface area (Å²) in [5.41, 5.74) is 3.07. The molecular weight excluding hydrogens is 286 g/mol. The van der Waals surface area contributed by atoms with Gasteiger partial charge >= 0.3 is 6.09 Å². The molecule has 0 radical (unpaired) electrons. The smallest absolute Gasteiger partial charge is 0.412 e. The van der Waals surface area contributed by atoms with Crippen molar-refractivity contribution in [2.75, 3.05) is 5.32 Å². The normalized spacial score (nSPS) is 16.9. The van der Waals surface area contributed by atoms with Gasteiger partial charge in [-0.3, -0.25) is 5.32 Å². The van der Waals surface area contributed by atoms with Crippen LogP contribution < -0.4 is 5.32 Å². The SMILES string of the molecule is O=C(Nc1ccc(Cl)cc1)O[C@H]1CCCc2ccccc21. The van der Waals surface area contributed by atoms with E-state index in [9.17, 15) is 4.79 Å². The Kier molecular flexibility index (Phi) is 4.11. The zero-order chi connectivity index (χ0) is 14.7. The highest BCUT2D eigenvalue weighted by atomic mass is 35.5. The van der Waals surface area contributed by atoms with Crippen LogP contribution in [0.3, 0.4) is 0 Å². The molecule has 0 bridgehead atoms. The van der Waals surface area contributed by atoms with Crippen LogP contribution in [-0.2, 0) is 11.2 Å². The van der Waals surface area contributed by atoms with Gasteiger partial charge in [-0.1, -0.05) is 35.9 Å². The Morgan fingerprint density at radius 3 is 2.71 bits per heavy atom. The van der Waals surface area contributed by atoms with E-state index in [0.29, 0.717) is 10.7 Å². The molecule has 0 aliphatic heterocycles. The van der Waals surface area contributed by atoms with Crippen molar-refractivity contribution in [2.45, 2.75) is 25.4 Å². The van der Waals surface area contributed by atoms with E-state index >= 15 is 0 Å². The molecule has 21 heavy (non-hydrogen) atoms. The number of carbonyl (C=O) groups excluding carboxylic acids is 1. The number of hydrogen-bond acceptors (Lipinski definition) is 2. The van der Waals surface area contributed by atoms with Crippen LogP contribution in [0.15, 0.2) is 48.5 Å². The first-order valence-electron chi connectivity index (χ1n) is 7.03. The highest BCUT2D eigenvalue weighted by Gasteiger charge is 2.23.